The highest BCUT2D eigenvalue weighted by Crippen LogP contribution is 2.20. The van der Waals surface area contributed by atoms with Gasteiger partial charge in [-0.25, -0.2) is 0 Å². The van der Waals surface area contributed by atoms with Crippen LogP contribution >= 0.6 is 0 Å². The number of aliphatic hydroxyl groups excluding tert-OH is 1. The lowest BCUT2D eigenvalue weighted by Gasteiger charge is -2.12. The van der Waals surface area contributed by atoms with Gasteiger partial charge in [0.05, 0.1) is 6.54 Å². The lowest BCUT2D eigenvalue weighted by atomic mass is 10.1. The molecule has 0 aromatic carbocycles. The highest BCUT2D eigenvalue weighted by Gasteiger charge is 2.23. The van der Waals surface area contributed by atoms with Crippen molar-refractivity contribution in [3.8, 4) is 0 Å². The van der Waals surface area contributed by atoms with Crippen LogP contribution in [0.15, 0.2) is 4.52 Å². The molecular weight excluding hydrogens is 218 g/mol. The number of nitrogens with zero attached hydrogens (tertiary/aromatic N) is 3. The first-order valence-electron chi connectivity index (χ1n) is 6.46. The van der Waals surface area contributed by atoms with E-state index in [-0.39, 0.29) is 0 Å². The van der Waals surface area contributed by atoms with Crippen LogP contribution in [0.4, 0.5) is 0 Å². The molecule has 96 valence electrons. The predicted octanol–water partition coefficient (Wildman–Crippen LogP) is 1.23. The normalized spacial score (nSPS) is 21.2. The maximum Gasteiger partial charge on any atom is 0.240 e. The van der Waals surface area contributed by atoms with Crippen molar-refractivity contribution < 1.29 is 9.63 Å². The van der Waals surface area contributed by atoms with Gasteiger partial charge in [0, 0.05) is 19.6 Å². The second-order valence-corrected chi connectivity index (χ2v) is 4.76. The van der Waals surface area contributed by atoms with Crippen LogP contribution in [0.2, 0.25) is 0 Å². The Morgan fingerprint density at radius 2 is 2.41 bits per heavy atom. The van der Waals surface area contributed by atoms with Crippen LogP contribution in [-0.4, -0.2) is 39.8 Å². The average molecular weight is 239 g/mol. The summed E-state index contributed by atoms with van der Waals surface area (Å²) in [7, 11) is 0. The Balaban J connectivity index is 1.80. The summed E-state index contributed by atoms with van der Waals surface area (Å²) >= 11 is 0. The van der Waals surface area contributed by atoms with Crippen molar-refractivity contribution in [2.24, 2.45) is 5.92 Å². The fourth-order valence-electron chi connectivity index (χ4n) is 2.35. The highest BCUT2D eigenvalue weighted by molar-refractivity contribution is 4.88. The van der Waals surface area contributed by atoms with Crippen LogP contribution in [0.5, 0.6) is 0 Å². The zero-order chi connectivity index (χ0) is 12.1. The molecule has 2 heterocycles. The summed E-state index contributed by atoms with van der Waals surface area (Å²) in [5.74, 6) is 2.16. The highest BCUT2D eigenvalue weighted by atomic mass is 16.5. The van der Waals surface area contributed by atoms with Crippen molar-refractivity contribution in [2.75, 3.05) is 19.7 Å². The maximum atomic E-state index is 8.91. The molecule has 1 saturated heterocycles. The minimum atomic E-state index is 0.291. The third-order valence-electron chi connectivity index (χ3n) is 3.25. The summed E-state index contributed by atoms with van der Waals surface area (Å²) in [6.45, 7) is 5.25. The molecule has 5 heteroatoms. The number of rotatable bonds is 6. The molecule has 1 aromatic heterocycles. The third-order valence-corrected chi connectivity index (χ3v) is 3.25. The van der Waals surface area contributed by atoms with E-state index in [2.05, 4.69) is 22.0 Å². The Labute approximate surface area is 102 Å². The van der Waals surface area contributed by atoms with Crippen molar-refractivity contribution in [3.05, 3.63) is 11.7 Å². The zero-order valence-electron chi connectivity index (χ0n) is 10.4. The molecule has 2 rings (SSSR count). The van der Waals surface area contributed by atoms with E-state index in [0.29, 0.717) is 12.5 Å². The van der Waals surface area contributed by atoms with Crippen LogP contribution in [-0.2, 0) is 13.0 Å². The van der Waals surface area contributed by atoms with Crippen molar-refractivity contribution in [3.63, 3.8) is 0 Å². The summed E-state index contributed by atoms with van der Waals surface area (Å²) in [4.78, 5) is 6.69. The van der Waals surface area contributed by atoms with Crippen LogP contribution < -0.4 is 0 Å². The van der Waals surface area contributed by atoms with Crippen molar-refractivity contribution in [1.82, 2.24) is 15.0 Å². The van der Waals surface area contributed by atoms with E-state index >= 15 is 0 Å². The molecule has 5 nitrogen and oxygen atoms in total. The Morgan fingerprint density at radius 3 is 3.18 bits per heavy atom. The fourth-order valence-corrected chi connectivity index (χ4v) is 2.35. The van der Waals surface area contributed by atoms with Gasteiger partial charge in [0.15, 0.2) is 5.82 Å². The molecule has 0 saturated carbocycles. The monoisotopic (exact) mass is 239 g/mol. The summed E-state index contributed by atoms with van der Waals surface area (Å²) in [5.41, 5.74) is 0. The van der Waals surface area contributed by atoms with Gasteiger partial charge in [-0.2, -0.15) is 4.98 Å². The molecule has 1 unspecified atom stereocenters. The van der Waals surface area contributed by atoms with E-state index in [1.807, 2.05) is 0 Å². The predicted molar refractivity (Wildman–Crippen MR) is 63.4 cm³/mol. The molecule has 1 aromatic rings. The molecule has 1 aliphatic rings. The van der Waals surface area contributed by atoms with Gasteiger partial charge in [-0.15, -0.1) is 0 Å². The lowest BCUT2D eigenvalue weighted by molar-refractivity contribution is 0.236. The fraction of sp³-hybridized carbons (Fsp3) is 0.833. The van der Waals surface area contributed by atoms with Crippen LogP contribution in [0.1, 0.15) is 37.9 Å². The second-order valence-electron chi connectivity index (χ2n) is 4.76. The van der Waals surface area contributed by atoms with Crippen molar-refractivity contribution in [1.29, 1.82) is 0 Å². The first-order valence-corrected chi connectivity index (χ1v) is 6.46. The molecule has 0 radical (unpaired) electrons. The van der Waals surface area contributed by atoms with Crippen LogP contribution in [0.25, 0.3) is 0 Å². The quantitative estimate of drug-likeness (QED) is 0.809. The van der Waals surface area contributed by atoms with E-state index < -0.39 is 0 Å². The molecule has 1 atom stereocenters. The average Bonchev–Trinajstić information content (AvgIpc) is 2.91. The van der Waals surface area contributed by atoms with Crippen molar-refractivity contribution >= 4 is 0 Å². The SMILES string of the molecule is CCCc1noc(CN2CCC(CCO)C2)n1. The van der Waals surface area contributed by atoms with Gasteiger partial charge in [0.2, 0.25) is 5.89 Å². The molecule has 1 aliphatic heterocycles. The second kappa shape index (κ2) is 6.12. The van der Waals surface area contributed by atoms with Gasteiger partial charge in [-0.3, -0.25) is 4.90 Å². The van der Waals surface area contributed by atoms with Gasteiger partial charge in [0.25, 0.3) is 0 Å². The number of hydrogen-bond donors (Lipinski definition) is 1. The van der Waals surface area contributed by atoms with E-state index in [0.717, 1.165) is 57.0 Å². The van der Waals surface area contributed by atoms with Gasteiger partial charge < -0.3 is 9.63 Å². The zero-order valence-corrected chi connectivity index (χ0v) is 10.4. The summed E-state index contributed by atoms with van der Waals surface area (Å²) in [6.07, 6.45) is 4.00. The Morgan fingerprint density at radius 1 is 1.53 bits per heavy atom. The topological polar surface area (TPSA) is 62.4 Å². The van der Waals surface area contributed by atoms with E-state index in [1.54, 1.807) is 0 Å². The van der Waals surface area contributed by atoms with E-state index in [4.69, 9.17) is 9.63 Å². The number of aromatic nitrogens is 2. The first-order chi connectivity index (χ1) is 8.31. The van der Waals surface area contributed by atoms with Gasteiger partial charge in [-0.1, -0.05) is 12.1 Å². The van der Waals surface area contributed by atoms with Crippen LogP contribution in [0, 0.1) is 5.92 Å². The molecule has 1 fully saturated rings. The van der Waals surface area contributed by atoms with Gasteiger partial charge in [-0.05, 0) is 31.7 Å². The van der Waals surface area contributed by atoms with Crippen molar-refractivity contribution in [2.45, 2.75) is 39.2 Å². The maximum absolute atomic E-state index is 8.91. The number of aryl methyl sites for hydroxylation is 1. The number of aliphatic hydroxyl groups is 1. The molecule has 0 aliphatic carbocycles. The Kier molecular flexibility index (Phi) is 4.50. The largest absolute Gasteiger partial charge is 0.396 e. The molecule has 0 amide bonds. The van der Waals surface area contributed by atoms with E-state index in [1.165, 1.54) is 0 Å². The molecular formula is C12H21N3O2. The standard InChI is InChI=1S/C12H21N3O2/c1-2-3-11-13-12(17-14-11)9-15-6-4-10(8-15)5-7-16/h10,16H,2-9H2,1H3. The third kappa shape index (κ3) is 3.51. The van der Waals surface area contributed by atoms with Gasteiger partial charge in [0.1, 0.15) is 0 Å². The molecule has 0 bridgehead atoms. The summed E-state index contributed by atoms with van der Waals surface area (Å²) in [6, 6.07) is 0. The minimum Gasteiger partial charge on any atom is -0.396 e. The van der Waals surface area contributed by atoms with Crippen LogP contribution in [0.3, 0.4) is 0 Å². The smallest absolute Gasteiger partial charge is 0.240 e. The van der Waals surface area contributed by atoms with Gasteiger partial charge >= 0.3 is 0 Å². The lowest BCUT2D eigenvalue weighted by Crippen LogP contribution is -2.20. The first kappa shape index (κ1) is 12.5. The number of hydrogen-bond acceptors (Lipinski definition) is 5. The summed E-state index contributed by atoms with van der Waals surface area (Å²) in [5, 5.41) is 12.9. The Hall–Kier alpha value is -0.940. The molecule has 1 N–H and O–H groups in total. The minimum absolute atomic E-state index is 0.291. The number of likely N-dealkylation sites (tertiary alicyclic amines) is 1. The Bertz CT molecular complexity index is 340. The molecule has 0 spiro atoms. The van der Waals surface area contributed by atoms with E-state index in [9.17, 15) is 0 Å². The summed E-state index contributed by atoms with van der Waals surface area (Å²) < 4.78 is 5.22. The molecule has 17 heavy (non-hydrogen) atoms.